The summed E-state index contributed by atoms with van der Waals surface area (Å²) in [6.45, 7) is 3.12. The number of nitrogens with one attached hydrogen (secondary N) is 1. The highest BCUT2D eigenvalue weighted by Crippen LogP contribution is 2.26. The van der Waals surface area contributed by atoms with Gasteiger partial charge in [0.15, 0.2) is 0 Å². The number of amides is 1. The second-order valence-corrected chi connectivity index (χ2v) is 5.45. The van der Waals surface area contributed by atoms with E-state index in [1.54, 1.807) is 6.92 Å². The quantitative estimate of drug-likeness (QED) is 0.864. The molecule has 1 fully saturated rings. The van der Waals surface area contributed by atoms with Crippen LogP contribution in [0, 0.1) is 0 Å². The number of benzene rings is 1. The molecule has 0 radical (unpaired) electrons. The van der Waals surface area contributed by atoms with Crippen molar-refractivity contribution in [2.24, 2.45) is 0 Å². The summed E-state index contributed by atoms with van der Waals surface area (Å²) in [5, 5.41) is 1.68. The standard InChI is InChI=1S/C16H18N2O2/c1-11(19)18-8-4-6-13(10-18)15-9-12-5-2-3-7-14(12)16(20)17-15/h2-3,5,7,9,13H,4,6,8,10H2,1H3,(H,17,20)/t13-/m1/s1. The summed E-state index contributed by atoms with van der Waals surface area (Å²) in [6.07, 6.45) is 2.00. The van der Waals surface area contributed by atoms with Crippen molar-refractivity contribution in [3.63, 3.8) is 0 Å². The lowest BCUT2D eigenvalue weighted by atomic mass is 9.93. The number of fused-ring (bicyclic) bond motifs is 1. The Morgan fingerprint density at radius 2 is 2.15 bits per heavy atom. The number of nitrogens with zero attached hydrogens (tertiary/aromatic N) is 1. The maximum absolute atomic E-state index is 12.1. The van der Waals surface area contributed by atoms with E-state index in [2.05, 4.69) is 4.98 Å². The molecule has 104 valence electrons. The van der Waals surface area contributed by atoms with Gasteiger partial charge in [-0.1, -0.05) is 18.2 Å². The predicted octanol–water partition coefficient (Wildman–Crippen LogP) is 2.25. The van der Waals surface area contributed by atoms with Crippen molar-refractivity contribution < 1.29 is 4.79 Å². The maximum Gasteiger partial charge on any atom is 0.256 e. The van der Waals surface area contributed by atoms with E-state index in [-0.39, 0.29) is 17.4 Å². The minimum atomic E-state index is -0.0435. The second-order valence-electron chi connectivity index (χ2n) is 5.45. The molecule has 1 amide bonds. The van der Waals surface area contributed by atoms with Crippen LogP contribution in [0.4, 0.5) is 0 Å². The van der Waals surface area contributed by atoms with Gasteiger partial charge in [0.25, 0.3) is 5.56 Å². The Morgan fingerprint density at radius 1 is 1.35 bits per heavy atom. The van der Waals surface area contributed by atoms with Crippen LogP contribution in [0.1, 0.15) is 31.4 Å². The van der Waals surface area contributed by atoms with E-state index in [4.69, 9.17) is 0 Å². The maximum atomic E-state index is 12.1. The van der Waals surface area contributed by atoms with E-state index in [1.807, 2.05) is 35.2 Å². The van der Waals surface area contributed by atoms with E-state index in [0.29, 0.717) is 6.54 Å². The van der Waals surface area contributed by atoms with Crippen LogP contribution in [0.3, 0.4) is 0 Å². The Hall–Kier alpha value is -2.10. The molecule has 4 heteroatoms. The van der Waals surface area contributed by atoms with Crippen LogP contribution in [-0.2, 0) is 4.79 Å². The van der Waals surface area contributed by atoms with Crippen LogP contribution in [0.25, 0.3) is 10.8 Å². The molecule has 1 aromatic carbocycles. The molecule has 1 aliphatic rings. The lowest BCUT2D eigenvalue weighted by molar-refractivity contribution is -0.130. The summed E-state index contributed by atoms with van der Waals surface area (Å²) in [7, 11) is 0. The Balaban J connectivity index is 1.98. The molecule has 1 saturated heterocycles. The summed E-state index contributed by atoms with van der Waals surface area (Å²) in [5.41, 5.74) is 0.901. The Morgan fingerprint density at radius 3 is 2.95 bits per heavy atom. The molecule has 1 atom stereocenters. The van der Waals surface area contributed by atoms with E-state index >= 15 is 0 Å². The molecule has 20 heavy (non-hydrogen) atoms. The minimum Gasteiger partial charge on any atom is -0.342 e. The molecular weight excluding hydrogens is 252 g/mol. The first kappa shape index (κ1) is 12.9. The van der Waals surface area contributed by atoms with Crippen LogP contribution in [-0.4, -0.2) is 28.9 Å². The Kier molecular flexibility index (Phi) is 3.30. The lowest BCUT2D eigenvalue weighted by Crippen LogP contribution is -2.38. The number of likely N-dealkylation sites (tertiary alicyclic amines) is 1. The first-order chi connectivity index (χ1) is 9.65. The first-order valence-electron chi connectivity index (χ1n) is 7.02. The Bertz CT molecular complexity index is 705. The van der Waals surface area contributed by atoms with Gasteiger partial charge in [-0.25, -0.2) is 0 Å². The molecule has 0 spiro atoms. The molecule has 0 unspecified atom stereocenters. The van der Waals surface area contributed by atoms with E-state index in [1.165, 1.54) is 0 Å². The number of piperidine rings is 1. The van der Waals surface area contributed by atoms with Gasteiger partial charge < -0.3 is 9.88 Å². The molecule has 3 rings (SSSR count). The summed E-state index contributed by atoms with van der Waals surface area (Å²) in [6, 6.07) is 9.65. The lowest BCUT2D eigenvalue weighted by Gasteiger charge is -2.32. The van der Waals surface area contributed by atoms with E-state index in [9.17, 15) is 9.59 Å². The molecule has 0 bridgehead atoms. The smallest absolute Gasteiger partial charge is 0.256 e. The number of hydrogen-bond acceptors (Lipinski definition) is 2. The number of aromatic nitrogens is 1. The summed E-state index contributed by atoms with van der Waals surface area (Å²) < 4.78 is 0. The van der Waals surface area contributed by atoms with Crippen molar-refractivity contribution >= 4 is 16.7 Å². The van der Waals surface area contributed by atoms with Crippen molar-refractivity contribution in [3.8, 4) is 0 Å². The summed E-state index contributed by atoms with van der Waals surface area (Å²) in [5.74, 6) is 0.336. The fourth-order valence-corrected chi connectivity index (χ4v) is 2.97. The third kappa shape index (κ3) is 2.33. The third-order valence-corrected chi connectivity index (χ3v) is 4.08. The number of rotatable bonds is 1. The van der Waals surface area contributed by atoms with Crippen molar-refractivity contribution in [2.75, 3.05) is 13.1 Å². The highest BCUT2D eigenvalue weighted by molar-refractivity contribution is 5.81. The van der Waals surface area contributed by atoms with Gasteiger partial charge >= 0.3 is 0 Å². The van der Waals surface area contributed by atoms with Gasteiger partial charge in [0.2, 0.25) is 5.91 Å². The monoisotopic (exact) mass is 270 g/mol. The fraction of sp³-hybridized carbons (Fsp3) is 0.375. The third-order valence-electron chi connectivity index (χ3n) is 4.08. The zero-order valence-electron chi connectivity index (χ0n) is 11.6. The van der Waals surface area contributed by atoms with Gasteiger partial charge in [-0.3, -0.25) is 9.59 Å². The Labute approximate surface area is 117 Å². The van der Waals surface area contributed by atoms with E-state index < -0.39 is 0 Å². The van der Waals surface area contributed by atoms with Crippen molar-refractivity contribution in [3.05, 3.63) is 46.4 Å². The van der Waals surface area contributed by atoms with Crippen molar-refractivity contribution in [1.29, 1.82) is 0 Å². The van der Waals surface area contributed by atoms with Gasteiger partial charge in [0.1, 0.15) is 0 Å². The van der Waals surface area contributed by atoms with Crippen LogP contribution >= 0.6 is 0 Å². The average molecular weight is 270 g/mol. The predicted molar refractivity (Wildman–Crippen MR) is 78.8 cm³/mol. The van der Waals surface area contributed by atoms with E-state index in [0.717, 1.165) is 35.9 Å². The van der Waals surface area contributed by atoms with Gasteiger partial charge in [0.05, 0.1) is 0 Å². The molecular formula is C16H18N2O2. The SMILES string of the molecule is CC(=O)N1CCC[C@@H](c2cc3ccccc3c(=O)[nH]2)C1. The normalized spacial score (nSPS) is 19.2. The number of carbonyl (C=O) groups is 1. The molecule has 4 nitrogen and oxygen atoms in total. The van der Waals surface area contributed by atoms with Crippen LogP contribution < -0.4 is 5.56 Å². The molecule has 0 saturated carbocycles. The van der Waals surface area contributed by atoms with Crippen molar-refractivity contribution in [2.45, 2.75) is 25.7 Å². The number of carbonyl (C=O) groups excluding carboxylic acids is 1. The number of pyridine rings is 1. The molecule has 1 N–H and O–H groups in total. The van der Waals surface area contributed by atoms with Gasteiger partial charge in [-0.2, -0.15) is 0 Å². The summed E-state index contributed by atoms with van der Waals surface area (Å²) in [4.78, 5) is 28.5. The summed E-state index contributed by atoms with van der Waals surface area (Å²) >= 11 is 0. The van der Waals surface area contributed by atoms with Gasteiger partial charge in [-0.05, 0) is 30.4 Å². The number of aromatic amines is 1. The minimum absolute atomic E-state index is 0.0435. The van der Waals surface area contributed by atoms with Crippen LogP contribution in [0.2, 0.25) is 0 Å². The fourth-order valence-electron chi connectivity index (χ4n) is 2.97. The molecule has 1 aliphatic heterocycles. The molecule has 0 aliphatic carbocycles. The molecule has 2 aromatic rings. The first-order valence-corrected chi connectivity index (χ1v) is 7.02. The zero-order valence-corrected chi connectivity index (χ0v) is 11.6. The molecule has 2 heterocycles. The largest absolute Gasteiger partial charge is 0.342 e. The van der Waals surface area contributed by atoms with Crippen LogP contribution in [0.5, 0.6) is 0 Å². The average Bonchev–Trinajstić information content (AvgIpc) is 2.47. The zero-order chi connectivity index (χ0) is 14.1. The number of H-pyrrole nitrogens is 1. The number of hydrogen-bond donors (Lipinski definition) is 1. The highest BCUT2D eigenvalue weighted by atomic mass is 16.2. The van der Waals surface area contributed by atoms with Crippen LogP contribution in [0.15, 0.2) is 35.1 Å². The van der Waals surface area contributed by atoms with Gasteiger partial charge in [0, 0.05) is 37.0 Å². The highest BCUT2D eigenvalue weighted by Gasteiger charge is 2.23. The topological polar surface area (TPSA) is 53.2 Å². The molecule has 1 aromatic heterocycles. The second kappa shape index (κ2) is 5.12. The van der Waals surface area contributed by atoms with Crippen molar-refractivity contribution in [1.82, 2.24) is 9.88 Å². The van der Waals surface area contributed by atoms with Gasteiger partial charge in [-0.15, -0.1) is 0 Å².